The molecule has 0 amide bonds. The topological polar surface area (TPSA) is 120 Å². The van der Waals surface area contributed by atoms with Crippen molar-refractivity contribution in [3.63, 3.8) is 0 Å². The summed E-state index contributed by atoms with van der Waals surface area (Å²) in [4.78, 5) is 24.4. The third-order valence-electron chi connectivity index (χ3n) is 4.24. The number of esters is 1. The van der Waals surface area contributed by atoms with Crippen LogP contribution in [0.5, 0.6) is 0 Å². The van der Waals surface area contributed by atoms with Crippen molar-refractivity contribution in [1.82, 2.24) is 19.5 Å². The number of hydrogen-bond acceptors (Lipinski definition) is 8. The van der Waals surface area contributed by atoms with Gasteiger partial charge in [-0.25, -0.2) is 15.0 Å². The lowest BCUT2D eigenvalue weighted by Crippen LogP contribution is -2.34. The largest absolute Gasteiger partial charge is 0.463 e. The molecule has 9 nitrogen and oxygen atoms in total. The van der Waals surface area contributed by atoms with E-state index in [-0.39, 0.29) is 24.4 Å². The molecule has 0 saturated carbocycles. The molecule has 3 rings (SSSR count). The first-order chi connectivity index (χ1) is 12.2. The van der Waals surface area contributed by atoms with Crippen LogP contribution in [0.2, 0.25) is 0 Å². The van der Waals surface area contributed by atoms with Gasteiger partial charge in [-0.3, -0.25) is 9.36 Å². The molecular weight excluding hydrogens is 340 g/mol. The fourth-order valence-corrected chi connectivity index (χ4v) is 2.91. The molecule has 4 atom stereocenters. The molecule has 2 N–H and O–H groups in total. The van der Waals surface area contributed by atoms with Gasteiger partial charge in [-0.05, 0) is 12.3 Å². The first-order valence-electron chi connectivity index (χ1n) is 8.49. The highest BCUT2D eigenvalue weighted by atomic mass is 16.6. The van der Waals surface area contributed by atoms with Crippen molar-refractivity contribution in [1.29, 1.82) is 0 Å². The molecule has 26 heavy (non-hydrogen) atoms. The zero-order valence-electron chi connectivity index (χ0n) is 15.3. The maximum absolute atomic E-state index is 11.9. The lowest BCUT2D eigenvalue weighted by molar-refractivity contribution is -0.152. The Hall–Kier alpha value is -2.10. The number of ether oxygens (including phenoxy) is 2. The SMILES string of the molecule is Cc1ncnc2c1ncn2[C@@H]1O[C@H](COC(=O)CC(C)(C)C)[C@@H](O)[C@H]1O. The van der Waals surface area contributed by atoms with Crippen LogP contribution in [0.3, 0.4) is 0 Å². The van der Waals surface area contributed by atoms with E-state index in [1.54, 1.807) is 11.5 Å². The minimum atomic E-state index is -1.20. The minimum absolute atomic E-state index is 0.135. The number of aromatic nitrogens is 4. The summed E-state index contributed by atoms with van der Waals surface area (Å²) in [6.45, 7) is 7.47. The summed E-state index contributed by atoms with van der Waals surface area (Å²) in [5.74, 6) is -0.373. The highest BCUT2D eigenvalue weighted by molar-refractivity contribution is 5.72. The first kappa shape index (κ1) is 18.7. The second kappa shape index (κ2) is 6.90. The van der Waals surface area contributed by atoms with Crippen LogP contribution in [0.4, 0.5) is 0 Å². The lowest BCUT2D eigenvalue weighted by Gasteiger charge is -2.19. The van der Waals surface area contributed by atoms with Crippen molar-refractivity contribution in [2.75, 3.05) is 6.61 Å². The van der Waals surface area contributed by atoms with Gasteiger partial charge in [0.15, 0.2) is 11.9 Å². The van der Waals surface area contributed by atoms with Crippen molar-refractivity contribution in [3.05, 3.63) is 18.3 Å². The van der Waals surface area contributed by atoms with E-state index >= 15 is 0 Å². The van der Waals surface area contributed by atoms with Gasteiger partial charge in [-0.1, -0.05) is 20.8 Å². The second-order valence-corrected chi connectivity index (χ2v) is 7.75. The summed E-state index contributed by atoms with van der Waals surface area (Å²) >= 11 is 0. The summed E-state index contributed by atoms with van der Waals surface area (Å²) in [6, 6.07) is 0. The number of imidazole rings is 1. The summed E-state index contributed by atoms with van der Waals surface area (Å²) in [5.41, 5.74) is 1.60. The number of carbonyl (C=O) groups excluding carboxylic acids is 1. The van der Waals surface area contributed by atoms with Crippen LogP contribution >= 0.6 is 0 Å². The van der Waals surface area contributed by atoms with E-state index in [1.807, 2.05) is 20.8 Å². The number of hydrogen-bond donors (Lipinski definition) is 2. The van der Waals surface area contributed by atoms with Crippen molar-refractivity contribution in [3.8, 4) is 0 Å². The van der Waals surface area contributed by atoms with Crippen LogP contribution in [0.25, 0.3) is 11.2 Å². The maximum atomic E-state index is 11.9. The molecular formula is C17H24N4O5. The zero-order chi connectivity index (χ0) is 19.1. The molecule has 2 aromatic rings. The molecule has 1 aliphatic heterocycles. The number of aliphatic hydroxyl groups excluding tert-OH is 2. The van der Waals surface area contributed by atoms with Crippen LogP contribution < -0.4 is 0 Å². The van der Waals surface area contributed by atoms with E-state index in [0.717, 1.165) is 0 Å². The molecule has 0 bridgehead atoms. The second-order valence-electron chi connectivity index (χ2n) is 7.75. The van der Waals surface area contributed by atoms with Gasteiger partial charge in [-0.15, -0.1) is 0 Å². The predicted molar refractivity (Wildman–Crippen MR) is 91.0 cm³/mol. The Kier molecular flexibility index (Phi) is 4.96. The molecule has 0 radical (unpaired) electrons. The van der Waals surface area contributed by atoms with E-state index in [2.05, 4.69) is 15.0 Å². The Morgan fingerprint density at radius 3 is 2.69 bits per heavy atom. The molecule has 1 fully saturated rings. The van der Waals surface area contributed by atoms with Gasteiger partial charge in [-0.2, -0.15) is 0 Å². The Balaban J connectivity index is 1.71. The van der Waals surface area contributed by atoms with E-state index in [9.17, 15) is 15.0 Å². The normalized spacial score (nSPS) is 26.4. The average molecular weight is 364 g/mol. The standard InChI is InChI=1S/C17H24N4O5/c1-9-12-15(19-7-18-9)21(8-20-12)16-14(24)13(23)10(26-16)6-25-11(22)5-17(2,3)4/h7-8,10,13-14,16,23-24H,5-6H2,1-4H3/t10-,13-,14-,16-/m1/s1. The van der Waals surface area contributed by atoms with Crippen molar-refractivity contribution in [2.24, 2.45) is 5.41 Å². The monoisotopic (exact) mass is 364 g/mol. The Morgan fingerprint density at radius 1 is 1.27 bits per heavy atom. The fraction of sp³-hybridized carbons (Fsp3) is 0.647. The van der Waals surface area contributed by atoms with Crippen LogP contribution in [-0.2, 0) is 14.3 Å². The van der Waals surface area contributed by atoms with Crippen molar-refractivity contribution < 1.29 is 24.5 Å². The third kappa shape index (κ3) is 3.69. The first-order valence-corrected chi connectivity index (χ1v) is 8.49. The minimum Gasteiger partial charge on any atom is -0.463 e. The predicted octanol–water partition coefficient (Wildman–Crippen LogP) is 0.733. The van der Waals surface area contributed by atoms with Gasteiger partial charge in [0, 0.05) is 0 Å². The molecule has 0 aliphatic carbocycles. The van der Waals surface area contributed by atoms with Crippen LogP contribution in [0, 0.1) is 12.3 Å². The van der Waals surface area contributed by atoms with E-state index < -0.39 is 24.5 Å². The molecule has 0 spiro atoms. The van der Waals surface area contributed by atoms with E-state index in [4.69, 9.17) is 9.47 Å². The van der Waals surface area contributed by atoms with Crippen LogP contribution in [0.15, 0.2) is 12.7 Å². The van der Waals surface area contributed by atoms with Gasteiger partial charge in [0.2, 0.25) is 0 Å². The zero-order valence-corrected chi connectivity index (χ0v) is 15.3. The van der Waals surface area contributed by atoms with Gasteiger partial charge in [0.1, 0.15) is 36.8 Å². The van der Waals surface area contributed by atoms with Crippen LogP contribution in [-0.4, -0.2) is 60.6 Å². The number of aliphatic hydroxyl groups is 2. The van der Waals surface area contributed by atoms with Crippen molar-refractivity contribution >= 4 is 17.1 Å². The molecule has 2 aromatic heterocycles. The Bertz CT molecular complexity index is 800. The fourth-order valence-electron chi connectivity index (χ4n) is 2.91. The highest BCUT2D eigenvalue weighted by Gasteiger charge is 2.45. The summed E-state index contributed by atoms with van der Waals surface area (Å²) < 4.78 is 12.5. The van der Waals surface area contributed by atoms with E-state index in [1.165, 1.54) is 12.7 Å². The summed E-state index contributed by atoms with van der Waals surface area (Å²) in [5, 5.41) is 20.6. The van der Waals surface area contributed by atoms with Crippen molar-refractivity contribution in [2.45, 2.75) is 58.7 Å². The highest BCUT2D eigenvalue weighted by Crippen LogP contribution is 2.32. The van der Waals surface area contributed by atoms with E-state index in [0.29, 0.717) is 16.9 Å². The Labute approximate surface area is 151 Å². The van der Waals surface area contributed by atoms with Gasteiger partial charge >= 0.3 is 5.97 Å². The number of fused-ring (bicyclic) bond motifs is 1. The molecule has 1 saturated heterocycles. The molecule has 9 heteroatoms. The molecule has 3 heterocycles. The molecule has 0 unspecified atom stereocenters. The average Bonchev–Trinajstić information content (AvgIpc) is 3.08. The van der Waals surface area contributed by atoms with Crippen LogP contribution in [0.1, 0.15) is 39.1 Å². The van der Waals surface area contributed by atoms with Gasteiger partial charge in [0.25, 0.3) is 0 Å². The summed E-state index contributed by atoms with van der Waals surface area (Å²) in [6.07, 6.45) is -0.962. The van der Waals surface area contributed by atoms with Gasteiger partial charge < -0.3 is 19.7 Å². The number of rotatable bonds is 4. The smallest absolute Gasteiger partial charge is 0.306 e. The number of aryl methyl sites for hydroxylation is 1. The molecule has 1 aliphatic rings. The molecule has 142 valence electrons. The summed E-state index contributed by atoms with van der Waals surface area (Å²) in [7, 11) is 0. The third-order valence-corrected chi connectivity index (χ3v) is 4.24. The Morgan fingerprint density at radius 2 is 2.00 bits per heavy atom. The number of nitrogens with zero attached hydrogens (tertiary/aromatic N) is 4. The molecule has 0 aromatic carbocycles. The number of carbonyl (C=O) groups is 1. The maximum Gasteiger partial charge on any atom is 0.306 e. The quantitative estimate of drug-likeness (QED) is 0.762. The lowest BCUT2D eigenvalue weighted by atomic mass is 9.92. The van der Waals surface area contributed by atoms with Gasteiger partial charge in [0.05, 0.1) is 18.4 Å².